The van der Waals surface area contributed by atoms with Crippen LogP contribution in [0.2, 0.25) is 0 Å². The van der Waals surface area contributed by atoms with Gasteiger partial charge in [0, 0.05) is 18.8 Å². The Hall–Kier alpha value is -1.44. The summed E-state index contributed by atoms with van der Waals surface area (Å²) in [4.78, 5) is 3.50. The monoisotopic (exact) mass is 268 g/mol. The maximum absolute atomic E-state index is 13.2. The minimum atomic E-state index is -4.56. The molecule has 0 radical (unpaired) electrons. The van der Waals surface area contributed by atoms with Crippen molar-refractivity contribution < 1.29 is 26.7 Å². The third-order valence-electron chi connectivity index (χ3n) is 2.49. The van der Waals surface area contributed by atoms with Crippen LogP contribution < -0.4 is 10.1 Å². The van der Waals surface area contributed by atoms with Crippen molar-refractivity contribution in [3.8, 4) is 5.88 Å². The molecule has 1 aromatic rings. The minimum absolute atomic E-state index is 0.134. The van der Waals surface area contributed by atoms with Gasteiger partial charge in [-0.2, -0.15) is 13.2 Å². The number of aromatic nitrogens is 1. The molecule has 8 heteroatoms. The second-order valence-corrected chi connectivity index (χ2v) is 3.88. The van der Waals surface area contributed by atoms with E-state index in [2.05, 4.69) is 10.3 Å². The van der Waals surface area contributed by atoms with Gasteiger partial charge >= 0.3 is 6.18 Å². The Labute approximate surface area is 99.0 Å². The van der Waals surface area contributed by atoms with E-state index in [0.717, 1.165) is 12.3 Å². The first kappa shape index (κ1) is 13.0. The Morgan fingerprint density at radius 3 is 2.67 bits per heavy atom. The van der Waals surface area contributed by atoms with Crippen molar-refractivity contribution in [2.45, 2.75) is 18.2 Å². The smallest absolute Gasteiger partial charge is 0.416 e. The zero-order chi connectivity index (χ0) is 13.4. The molecular weight excluding hydrogens is 259 g/mol. The molecule has 0 spiro atoms. The van der Waals surface area contributed by atoms with E-state index in [-0.39, 0.29) is 6.54 Å². The molecule has 1 aromatic heterocycles. The molecule has 1 aliphatic heterocycles. The van der Waals surface area contributed by atoms with E-state index in [1.807, 2.05) is 0 Å². The molecule has 0 saturated carbocycles. The van der Waals surface area contributed by atoms with Gasteiger partial charge in [0.2, 0.25) is 5.88 Å². The van der Waals surface area contributed by atoms with Crippen LogP contribution in [0.4, 0.5) is 22.0 Å². The molecule has 0 amide bonds. The normalized spacial score (nSPS) is 23.1. The molecule has 0 aliphatic carbocycles. The fraction of sp³-hybridized carbons (Fsp3) is 0.500. The molecular formula is C10H9F5N2O. The Bertz CT molecular complexity index is 435. The van der Waals surface area contributed by atoms with Crippen LogP contribution in [0.5, 0.6) is 5.88 Å². The van der Waals surface area contributed by atoms with Crippen LogP contribution >= 0.6 is 0 Å². The van der Waals surface area contributed by atoms with E-state index in [1.165, 1.54) is 0 Å². The van der Waals surface area contributed by atoms with Gasteiger partial charge < -0.3 is 10.1 Å². The molecule has 2 rings (SSSR count). The van der Waals surface area contributed by atoms with Crippen molar-refractivity contribution in [2.75, 3.05) is 13.1 Å². The van der Waals surface area contributed by atoms with Crippen molar-refractivity contribution in [2.24, 2.45) is 0 Å². The highest BCUT2D eigenvalue weighted by Crippen LogP contribution is 2.32. The standard InChI is InChI=1S/C10H9F5N2O/c11-9(12)5-16-4-7(9)18-8-3-6(1-2-17-8)10(13,14)15/h1-3,7,16H,4-5H2/t7-/m1/s1. The molecule has 0 unspecified atom stereocenters. The lowest BCUT2D eigenvalue weighted by Crippen LogP contribution is -2.36. The highest BCUT2D eigenvalue weighted by Gasteiger charge is 2.46. The first-order chi connectivity index (χ1) is 8.29. The molecule has 2 heterocycles. The zero-order valence-corrected chi connectivity index (χ0v) is 8.97. The summed E-state index contributed by atoms with van der Waals surface area (Å²) >= 11 is 0. The van der Waals surface area contributed by atoms with Gasteiger partial charge in [0.15, 0.2) is 6.10 Å². The average Bonchev–Trinajstić information content (AvgIpc) is 2.58. The SMILES string of the molecule is FC(F)(F)c1ccnc(O[C@@H]2CNCC2(F)F)c1. The lowest BCUT2D eigenvalue weighted by atomic mass is 10.2. The maximum atomic E-state index is 13.2. The fourth-order valence-corrected chi connectivity index (χ4v) is 1.56. The van der Waals surface area contributed by atoms with Crippen molar-refractivity contribution in [1.82, 2.24) is 10.3 Å². The van der Waals surface area contributed by atoms with Crippen molar-refractivity contribution >= 4 is 0 Å². The summed E-state index contributed by atoms with van der Waals surface area (Å²) in [5.74, 6) is -3.58. The Balaban J connectivity index is 2.15. The van der Waals surface area contributed by atoms with E-state index in [4.69, 9.17) is 4.74 Å². The average molecular weight is 268 g/mol. The Kier molecular flexibility index (Phi) is 3.14. The van der Waals surface area contributed by atoms with E-state index in [9.17, 15) is 22.0 Å². The quantitative estimate of drug-likeness (QED) is 0.834. The van der Waals surface area contributed by atoms with Crippen molar-refractivity contribution in [3.05, 3.63) is 23.9 Å². The number of hydrogen-bond donors (Lipinski definition) is 1. The van der Waals surface area contributed by atoms with E-state index < -0.39 is 36.2 Å². The third kappa shape index (κ3) is 2.69. The predicted molar refractivity (Wildman–Crippen MR) is 51.5 cm³/mol. The molecule has 0 aromatic carbocycles. The molecule has 1 saturated heterocycles. The zero-order valence-electron chi connectivity index (χ0n) is 8.97. The van der Waals surface area contributed by atoms with Gasteiger partial charge in [-0.15, -0.1) is 0 Å². The van der Waals surface area contributed by atoms with Crippen molar-refractivity contribution in [3.63, 3.8) is 0 Å². The summed E-state index contributed by atoms with van der Waals surface area (Å²) in [6.07, 6.45) is -5.19. The van der Waals surface area contributed by atoms with Gasteiger partial charge in [-0.25, -0.2) is 13.8 Å². The summed E-state index contributed by atoms with van der Waals surface area (Å²) in [5, 5.41) is 2.40. The molecule has 3 nitrogen and oxygen atoms in total. The topological polar surface area (TPSA) is 34.1 Å². The van der Waals surface area contributed by atoms with Crippen LogP contribution in [0.25, 0.3) is 0 Å². The summed E-state index contributed by atoms with van der Waals surface area (Å²) < 4.78 is 68.4. The van der Waals surface area contributed by atoms with Gasteiger partial charge in [0.25, 0.3) is 5.92 Å². The van der Waals surface area contributed by atoms with Crippen molar-refractivity contribution in [1.29, 1.82) is 0 Å². The third-order valence-corrected chi connectivity index (χ3v) is 2.49. The minimum Gasteiger partial charge on any atom is -0.466 e. The molecule has 1 N–H and O–H groups in total. The lowest BCUT2D eigenvalue weighted by Gasteiger charge is -2.19. The van der Waals surface area contributed by atoms with E-state index >= 15 is 0 Å². The van der Waals surface area contributed by atoms with Crippen LogP contribution in [-0.2, 0) is 6.18 Å². The number of pyridine rings is 1. The molecule has 18 heavy (non-hydrogen) atoms. The van der Waals surface area contributed by atoms with Gasteiger partial charge in [-0.3, -0.25) is 0 Å². The van der Waals surface area contributed by atoms with E-state index in [1.54, 1.807) is 0 Å². The number of halogens is 5. The highest BCUT2D eigenvalue weighted by molar-refractivity contribution is 5.23. The van der Waals surface area contributed by atoms with Gasteiger partial charge in [0.05, 0.1) is 12.1 Å². The van der Waals surface area contributed by atoms with Crippen LogP contribution in [0.1, 0.15) is 5.56 Å². The second kappa shape index (κ2) is 4.34. The first-order valence-corrected chi connectivity index (χ1v) is 5.07. The number of nitrogens with zero attached hydrogens (tertiary/aromatic N) is 1. The summed E-state index contributed by atoms with van der Waals surface area (Å²) in [6.45, 7) is -0.693. The largest absolute Gasteiger partial charge is 0.466 e. The highest BCUT2D eigenvalue weighted by atomic mass is 19.4. The van der Waals surface area contributed by atoms with Crippen LogP contribution in [0, 0.1) is 0 Å². The Morgan fingerprint density at radius 2 is 2.11 bits per heavy atom. The number of rotatable bonds is 2. The molecule has 0 bridgehead atoms. The van der Waals surface area contributed by atoms with Crippen LogP contribution in [0.3, 0.4) is 0 Å². The maximum Gasteiger partial charge on any atom is 0.416 e. The molecule has 100 valence electrons. The van der Waals surface area contributed by atoms with Gasteiger partial charge in [-0.05, 0) is 6.07 Å². The summed E-state index contributed by atoms with van der Waals surface area (Å²) in [7, 11) is 0. The first-order valence-electron chi connectivity index (χ1n) is 5.07. The summed E-state index contributed by atoms with van der Waals surface area (Å²) in [6, 6.07) is 1.35. The number of alkyl halides is 5. The lowest BCUT2D eigenvalue weighted by molar-refractivity contribution is -0.137. The van der Waals surface area contributed by atoms with E-state index in [0.29, 0.717) is 6.07 Å². The Morgan fingerprint density at radius 1 is 1.39 bits per heavy atom. The number of hydrogen-bond acceptors (Lipinski definition) is 3. The fourth-order valence-electron chi connectivity index (χ4n) is 1.56. The van der Waals surface area contributed by atoms with Crippen LogP contribution in [-0.4, -0.2) is 30.1 Å². The van der Waals surface area contributed by atoms with Crippen LogP contribution in [0.15, 0.2) is 18.3 Å². The summed E-state index contributed by atoms with van der Waals surface area (Å²) in [5.41, 5.74) is -0.984. The second-order valence-electron chi connectivity index (χ2n) is 3.88. The van der Waals surface area contributed by atoms with Gasteiger partial charge in [0.1, 0.15) is 0 Å². The molecule has 1 fully saturated rings. The predicted octanol–water partition coefficient (Wildman–Crippen LogP) is 2.09. The number of nitrogens with one attached hydrogen (secondary N) is 1. The molecule has 1 aliphatic rings. The molecule has 1 atom stereocenters. The number of ether oxygens (including phenoxy) is 1. The van der Waals surface area contributed by atoms with Gasteiger partial charge in [-0.1, -0.05) is 0 Å².